The van der Waals surface area contributed by atoms with Crippen LogP contribution in [0.5, 0.6) is 0 Å². The van der Waals surface area contributed by atoms with Crippen LogP contribution in [0, 0.1) is 11.8 Å². The molecule has 0 aliphatic carbocycles. The Morgan fingerprint density at radius 1 is 0.683 bits per heavy atom. The molecular formula is C43H69N11O9. The van der Waals surface area contributed by atoms with Crippen LogP contribution in [0.15, 0.2) is 35.3 Å². The van der Waals surface area contributed by atoms with Gasteiger partial charge in [-0.05, 0) is 89.0 Å². The molecule has 0 bridgehead atoms. The molecule has 2 saturated heterocycles. The van der Waals surface area contributed by atoms with Crippen molar-refractivity contribution in [2.24, 2.45) is 34.0 Å². The number of likely N-dealkylation sites (tertiary alicyclic amines) is 2. The van der Waals surface area contributed by atoms with Gasteiger partial charge in [0.05, 0.1) is 6.04 Å². The molecule has 2 heterocycles. The number of aliphatic carboxylic acids is 1. The van der Waals surface area contributed by atoms with Crippen molar-refractivity contribution in [1.29, 1.82) is 0 Å². The van der Waals surface area contributed by atoms with Crippen molar-refractivity contribution >= 4 is 53.3 Å². The van der Waals surface area contributed by atoms with Gasteiger partial charge in [-0.2, -0.15) is 0 Å². The second-order valence-electron chi connectivity index (χ2n) is 17.4. The van der Waals surface area contributed by atoms with E-state index >= 15 is 0 Å². The molecule has 2 fully saturated rings. The van der Waals surface area contributed by atoms with E-state index in [0.717, 1.165) is 5.56 Å². The molecule has 0 radical (unpaired) electrons. The largest absolute Gasteiger partial charge is 0.480 e. The van der Waals surface area contributed by atoms with Crippen molar-refractivity contribution in [3.8, 4) is 0 Å². The van der Waals surface area contributed by atoms with Gasteiger partial charge in [0.2, 0.25) is 41.4 Å². The van der Waals surface area contributed by atoms with Crippen LogP contribution in [0.1, 0.15) is 98.5 Å². The van der Waals surface area contributed by atoms with Gasteiger partial charge in [-0.3, -0.25) is 38.6 Å². The summed E-state index contributed by atoms with van der Waals surface area (Å²) < 4.78 is 0. The fourth-order valence-electron chi connectivity index (χ4n) is 7.77. The number of hydrogen-bond donors (Lipinski definition) is 9. The van der Waals surface area contributed by atoms with Gasteiger partial charge < -0.3 is 58.7 Å². The van der Waals surface area contributed by atoms with Crippen LogP contribution in [0.4, 0.5) is 0 Å². The number of nitrogens with one attached hydrogen (secondary N) is 5. The van der Waals surface area contributed by atoms with Crippen molar-refractivity contribution in [2.45, 2.75) is 148 Å². The molecule has 7 amide bonds. The number of amides is 7. The van der Waals surface area contributed by atoms with Crippen molar-refractivity contribution in [3.63, 3.8) is 0 Å². The fourth-order valence-corrected chi connectivity index (χ4v) is 7.77. The second-order valence-corrected chi connectivity index (χ2v) is 17.4. The highest BCUT2D eigenvalue weighted by Gasteiger charge is 2.42. The first-order valence-corrected chi connectivity index (χ1v) is 21.9. The summed E-state index contributed by atoms with van der Waals surface area (Å²) in [6.45, 7) is 11.1. The van der Waals surface area contributed by atoms with E-state index in [-0.39, 0.29) is 69.5 Å². The van der Waals surface area contributed by atoms with Gasteiger partial charge >= 0.3 is 5.97 Å². The van der Waals surface area contributed by atoms with Crippen LogP contribution < -0.4 is 43.8 Å². The van der Waals surface area contributed by atoms with Crippen molar-refractivity contribution in [2.75, 3.05) is 19.6 Å². The summed E-state index contributed by atoms with van der Waals surface area (Å²) in [5, 5.41) is 22.9. The minimum Gasteiger partial charge on any atom is -0.480 e. The zero-order valence-electron chi connectivity index (χ0n) is 37.4. The Morgan fingerprint density at radius 3 is 1.75 bits per heavy atom. The number of hydrogen-bond acceptors (Lipinski definition) is 10. The van der Waals surface area contributed by atoms with Crippen molar-refractivity contribution in [1.82, 2.24) is 36.4 Å². The Labute approximate surface area is 369 Å². The van der Waals surface area contributed by atoms with Gasteiger partial charge in [0.25, 0.3) is 0 Å². The Morgan fingerprint density at radius 2 is 1.21 bits per heavy atom. The Hall–Kier alpha value is -5.79. The van der Waals surface area contributed by atoms with Crippen LogP contribution in [0.25, 0.3) is 0 Å². The van der Waals surface area contributed by atoms with E-state index in [4.69, 9.17) is 17.2 Å². The standard InChI is InChI=1S/C43H69N11O9/c1-24(2)21-31(37(57)48-26(5)35(55)50-30(42(62)63)15-10-18-47-43(45)46)51-38(58)34-17-12-20-54(34)41(61)32(22-25(3)4)52-39(59)33-16-11-19-53(33)40(60)27(6)49-36(56)29(44)23-28-13-8-7-9-14-28/h7-9,13-14,24-27,29-34H,10-12,15-23,44H2,1-6H3,(H,48,57)(H,49,56)(H,50,55)(H,51,58)(H,52,59)(H,62,63)(H4,45,46,47)/t26-,27+,29+,30+,31+,32+,33+,34+/m1/s1. The number of aliphatic imine (C=N–C) groups is 1. The first-order valence-electron chi connectivity index (χ1n) is 21.9. The maximum Gasteiger partial charge on any atom is 0.326 e. The molecule has 3 rings (SSSR count). The minimum atomic E-state index is -1.27. The maximum atomic E-state index is 14.3. The highest BCUT2D eigenvalue weighted by molar-refractivity contribution is 5.98. The van der Waals surface area contributed by atoms with Gasteiger partial charge in [-0.1, -0.05) is 58.0 Å². The van der Waals surface area contributed by atoms with Crippen LogP contribution in [-0.4, -0.2) is 136 Å². The van der Waals surface area contributed by atoms with Gasteiger partial charge in [0, 0.05) is 19.6 Å². The first kappa shape index (κ1) is 51.6. The molecule has 1 aromatic carbocycles. The number of carboxylic acids is 1. The predicted molar refractivity (Wildman–Crippen MR) is 235 cm³/mol. The van der Waals surface area contributed by atoms with E-state index in [0.29, 0.717) is 25.7 Å². The number of benzene rings is 1. The van der Waals surface area contributed by atoms with Crippen LogP contribution in [0.2, 0.25) is 0 Å². The molecule has 20 heteroatoms. The first-order chi connectivity index (χ1) is 29.7. The summed E-state index contributed by atoms with van der Waals surface area (Å²) in [7, 11) is 0. The summed E-state index contributed by atoms with van der Waals surface area (Å²) in [6, 6.07) is 1.03. The number of rotatable bonds is 23. The fraction of sp³-hybridized carbons (Fsp3) is 0.651. The average Bonchev–Trinajstić information content (AvgIpc) is 3.92. The number of carbonyl (C=O) groups excluding carboxylic acids is 7. The second kappa shape index (κ2) is 24.7. The zero-order valence-corrected chi connectivity index (χ0v) is 37.4. The van der Waals surface area contributed by atoms with Crippen molar-refractivity contribution < 1.29 is 43.5 Å². The molecule has 12 N–H and O–H groups in total. The number of carboxylic acid groups (broad SMARTS) is 1. The van der Waals surface area contributed by atoms with Crippen LogP contribution >= 0.6 is 0 Å². The lowest BCUT2D eigenvalue weighted by atomic mass is 10.0. The quantitative estimate of drug-likeness (QED) is 0.0372. The Kier molecular flexibility index (Phi) is 20.3. The van der Waals surface area contributed by atoms with E-state index in [1.807, 2.05) is 58.0 Å². The highest BCUT2D eigenvalue weighted by atomic mass is 16.4. The summed E-state index contributed by atoms with van der Waals surface area (Å²) in [4.78, 5) is 114. The smallest absolute Gasteiger partial charge is 0.326 e. The molecule has 8 atom stereocenters. The molecule has 0 spiro atoms. The van der Waals surface area contributed by atoms with E-state index in [1.165, 1.54) is 23.6 Å². The minimum absolute atomic E-state index is 0.0356. The van der Waals surface area contributed by atoms with E-state index in [2.05, 4.69) is 31.6 Å². The maximum absolute atomic E-state index is 14.3. The summed E-state index contributed by atoms with van der Waals surface area (Å²) >= 11 is 0. The van der Waals surface area contributed by atoms with E-state index in [9.17, 15) is 43.5 Å². The molecular weight excluding hydrogens is 815 g/mol. The molecule has 0 aromatic heterocycles. The van der Waals surface area contributed by atoms with Gasteiger partial charge in [-0.15, -0.1) is 0 Å². The molecule has 63 heavy (non-hydrogen) atoms. The Balaban J connectivity index is 1.66. The lowest BCUT2D eigenvalue weighted by molar-refractivity contribution is -0.144. The third-order valence-corrected chi connectivity index (χ3v) is 11.0. The number of guanidine groups is 1. The van der Waals surface area contributed by atoms with Gasteiger partial charge in [0.15, 0.2) is 5.96 Å². The van der Waals surface area contributed by atoms with Gasteiger partial charge in [0.1, 0.15) is 42.3 Å². The Bertz CT molecular complexity index is 1790. The molecule has 0 unspecified atom stereocenters. The monoisotopic (exact) mass is 884 g/mol. The molecule has 1 aromatic rings. The van der Waals surface area contributed by atoms with Gasteiger partial charge in [-0.25, -0.2) is 4.79 Å². The SMILES string of the molecule is CC(C)C[C@H](NC(=O)[C@@H]1CCCN1C(=O)[C@H](CC(C)C)NC(=O)[C@@H]1CCCN1C(=O)[C@H](C)NC(=O)[C@@H](N)Cc1ccccc1)C(=O)N[C@H](C)C(=O)N[C@@H](CCCN=C(N)N)C(=O)O. The predicted octanol–water partition coefficient (Wildman–Crippen LogP) is -0.767. The van der Waals surface area contributed by atoms with E-state index < -0.39 is 95.7 Å². The lowest BCUT2D eigenvalue weighted by Crippen LogP contribution is -2.59. The van der Waals surface area contributed by atoms with E-state index in [1.54, 1.807) is 0 Å². The third-order valence-electron chi connectivity index (χ3n) is 11.0. The number of nitrogens with two attached hydrogens (primary N) is 3. The average molecular weight is 884 g/mol. The summed E-state index contributed by atoms with van der Waals surface area (Å²) in [5.41, 5.74) is 17.6. The molecule has 2 aliphatic heterocycles. The highest BCUT2D eigenvalue weighted by Crippen LogP contribution is 2.23. The molecule has 350 valence electrons. The van der Waals surface area contributed by atoms with Crippen LogP contribution in [0.3, 0.4) is 0 Å². The molecule has 2 aliphatic rings. The molecule has 0 saturated carbocycles. The summed E-state index contributed by atoms with van der Waals surface area (Å²) in [5.74, 6) is -5.46. The topological polar surface area (TPSA) is 314 Å². The molecule has 20 nitrogen and oxygen atoms in total. The van der Waals surface area contributed by atoms with Crippen LogP contribution in [-0.2, 0) is 44.8 Å². The normalized spacial score (nSPS) is 18.9. The number of carbonyl (C=O) groups is 8. The summed E-state index contributed by atoms with van der Waals surface area (Å²) in [6.07, 6.45) is 2.72. The zero-order chi connectivity index (χ0) is 47.0. The third kappa shape index (κ3) is 16.1. The lowest BCUT2D eigenvalue weighted by Gasteiger charge is -2.32. The number of nitrogens with zero attached hydrogens (tertiary/aromatic N) is 3. The van der Waals surface area contributed by atoms with Crippen molar-refractivity contribution in [3.05, 3.63) is 35.9 Å².